The first-order valence-corrected chi connectivity index (χ1v) is 10.1. The molecule has 0 atom stereocenters. The number of pyridine rings is 1. The van der Waals surface area contributed by atoms with Gasteiger partial charge in [-0.2, -0.15) is 0 Å². The number of carbonyl (C=O) groups is 1. The monoisotopic (exact) mass is 379 g/mol. The van der Waals surface area contributed by atoms with Gasteiger partial charge in [0.1, 0.15) is 0 Å². The third-order valence-electron chi connectivity index (χ3n) is 4.23. The van der Waals surface area contributed by atoms with Gasteiger partial charge in [-0.3, -0.25) is 9.78 Å². The topological polar surface area (TPSA) is 68.9 Å². The molecule has 0 saturated carbocycles. The summed E-state index contributed by atoms with van der Waals surface area (Å²) < 4.78 is 0.942. The van der Waals surface area contributed by atoms with Crippen LogP contribution in [-0.2, 0) is 17.0 Å². The lowest BCUT2D eigenvalue weighted by molar-refractivity contribution is -0.117. The van der Waals surface area contributed by atoms with E-state index in [1.54, 1.807) is 11.8 Å². The first-order valence-electron chi connectivity index (χ1n) is 8.25. The Kier molecular flexibility index (Phi) is 4.61. The SMILES string of the molecule is Cc1nc(SCc2nc3ccccc3c3ccccc23)sc1CC(N)=O. The van der Waals surface area contributed by atoms with Crippen molar-refractivity contribution in [3.05, 3.63) is 64.8 Å². The molecule has 2 aromatic heterocycles. The average molecular weight is 380 g/mol. The molecule has 4 rings (SSSR count). The Hall–Kier alpha value is -2.44. The molecule has 2 aromatic carbocycles. The number of hydrogen-bond donors (Lipinski definition) is 1. The maximum atomic E-state index is 11.2. The van der Waals surface area contributed by atoms with Crippen LogP contribution in [-0.4, -0.2) is 15.9 Å². The summed E-state index contributed by atoms with van der Waals surface area (Å²) in [5.41, 5.74) is 8.24. The third-order valence-corrected chi connectivity index (χ3v) is 6.54. The van der Waals surface area contributed by atoms with E-state index in [1.807, 2.05) is 25.1 Å². The van der Waals surface area contributed by atoms with Gasteiger partial charge in [-0.05, 0) is 18.4 Å². The van der Waals surface area contributed by atoms with E-state index >= 15 is 0 Å². The molecule has 0 aliphatic carbocycles. The lowest BCUT2D eigenvalue weighted by atomic mass is 10.0. The molecule has 130 valence electrons. The Morgan fingerprint density at radius 1 is 1.04 bits per heavy atom. The molecule has 0 bridgehead atoms. The van der Waals surface area contributed by atoms with Crippen molar-refractivity contribution in [3.8, 4) is 0 Å². The molecule has 0 aliphatic heterocycles. The fraction of sp³-hybridized carbons (Fsp3) is 0.150. The highest BCUT2D eigenvalue weighted by Gasteiger charge is 2.13. The number of para-hydroxylation sites is 1. The number of amides is 1. The maximum absolute atomic E-state index is 11.2. The van der Waals surface area contributed by atoms with E-state index in [-0.39, 0.29) is 12.3 Å². The molecule has 26 heavy (non-hydrogen) atoms. The Labute approximate surface area is 159 Å². The number of carbonyl (C=O) groups excluding carboxylic acids is 1. The number of thiazole rings is 1. The van der Waals surface area contributed by atoms with Gasteiger partial charge in [-0.15, -0.1) is 11.3 Å². The van der Waals surface area contributed by atoms with Crippen LogP contribution in [0.2, 0.25) is 0 Å². The van der Waals surface area contributed by atoms with Gasteiger partial charge >= 0.3 is 0 Å². The normalized spacial score (nSPS) is 11.3. The third kappa shape index (κ3) is 3.30. The van der Waals surface area contributed by atoms with Crippen LogP contribution in [0.25, 0.3) is 21.7 Å². The summed E-state index contributed by atoms with van der Waals surface area (Å²) in [6.45, 7) is 1.92. The highest BCUT2D eigenvalue weighted by Crippen LogP contribution is 2.33. The van der Waals surface area contributed by atoms with Gasteiger partial charge in [0, 0.05) is 21.4 Å². The number of hydrogen-bond acceptors (Lipinski definition) is 5. The van der Waals surface area contributed by atoms with Crippen LogP contribution in [0.3, 0.4) is 0 Å². The number of primary amides is 1. The number of thioether (sulfide) groups is 1. The van der Waals surface area contributed by atoms with Crippen molar-refractivity contribution < 1.29 is 4.79 Å². The van der Waals surface area contributed by atoms with E-state index in [0.717, 1.165) is 31.9 Å². The molecule has 6 heteroatoms. The van der Waals surface area contributed by atoms with Gasteiger partial charge < -0.3 is 5.73 Å². The van der Waals surface area contributed by atoms with Crippen molar-refractivity contribution in [3.63, 3.8) is 0 Å². The largest absolute Gasteiger partial charge is 0.369 e. The molecule has 2 heterocycles. The maximum Gasteiger partial charge on any atom is 0.222 e. The zero-order valence-corrected chi connectivity index (χ0v) is 15.9. The Morgan fingerprint density at radius 3 is 2.50 bits per heavy atom. The molecule has 0 radical (unpaired) electrons. The fourth-order valence-corrected chi connectivity index (χ4v) is 5.20. The highest BCUT2D eigenvalue weighted by atomic mass is 32.2. The predicted octanol–water partition coefficient (Wildman–Crippen LogP) is 4.47. The quantitative estimate of drug-likeness (QED) is 0.410. The number of benzene rings is 2. The molecule has 0 saturated heterocycles. The van der Waals surface area contributed by atoms with Crippen LogP contribution >= 0.6 is 23.1 Å². The number of fused-ring (bicyclic) bond motifs is 3. The van der Waals surface area contributed by atoms with Crippen LogP contribution in [0.5, 0.6) is 0 Å². The van der Waals surface area contributed by atoms with Crippen molar-refractivity contribution in [1.82, 2.24) is 9.97 Å². The summed E-state index contributed by atoms with van der Waals surface area (Å²) in [4.78, 5) is 21.6. The average Bonchev–Trinajstić information content (AvgIpc) is 2.98. The van der Waals surface area contributed by atoms with Gasteiger partial charge in [-0.1, -0.05) is 54.2 Å². The first kappa shape index (κ1) is 17.0. The molecule has 0 aliphatic rings. The lowest BCUT2D eigenvalue weighted by Gasteiger charge is -2.08. The van der Waals surface area contributed by atoms with E-state index in [4.69, 9.17) is 10.7 Å². The van der Waals surface area contributed by atoms with Crippen molar-refractivity contribution in [2.45, 2.75) is 23.4 Å². The van der Waals surface area contributed by atoms with E-state index < -0.39 is 0 Å². The van der Waals surface area contributed by atoms with Gasteiger partial charge in [-0.25, -0.2) is 4.98 Å². The predicted molar refractivity (Wildman–Crippen MR) is 109 cm³/mol. The zero-order valence-electron chi connectivity index (χ0n) is 14.2. The van der Waals surface area contributed by atoms with Crippen molar-refractivity contribution in [1.29, 1.82) is 0 Å². The number of aromatic nitrogens is 2. The lowest BCUT2D eigenvalue weighted by Crippen LogP contribution is -2.13. The molecular formula is C20H17N3OS2. The fourth-order valence-electron chi connectivity index (χ4n) is 3.00. The van der Waals surface area contributed by atoms with Crippen LogP contribution in [0.15, 0.2) is 52.9 Å². The van der Waals surface area contributed by atoms with Crippen LogP contribution in [0, 0.1) is 6.92 Å². The van der Waals surface area contributed by atoms with Gasteiger partial charge in [0.2, 0.25) is 5.91 Å². The Balaban J connectivity index is 1.68. The van der Waals surface area contributed by atoms with E-state index in [0.29, 0.717) is 0 Å². The summed E-state index contributed by atoms with van der Waals surface area (Å²) in [6, 6.07) is 16.6. The van der Waals surface area contributed by atoms with E-state index in [9.17, 15) is 4.79 Å². The van der Waals surface area contributed by atoms with Crippen molar-refractivity contribution in [2.75, 3.05) is 0 Å². The summed E-state index contributed by atoms with van der Waals surface area (Å²) in [7, 11) is 0. The standard InChI is InChI=1S/C20H17N3OS2/c1-12-18(10-19(21)24)26-20(22-12)25-11-17-15-8-3-2-6-13(15)14-7-4-5-9-16(14)23-17/h2-9H,10-11H2,1H3,(H2,21,24). The van der Waals surface area contributed by atoms with E-state index in [1.165, 1.54) is 27.5 Å². The summed E-state index contributed by atoms with van der Waals surface area (Å²) in [5, 5.41) is 3.56. The summed E-state index contributed by atoms with van der Waals surface area (Å²) >= 11 is 3.19. The summed E-state index contributed by atoms with van der Waals surface area (Å²) in [5.74, 6) is 0.407. The molecule has 0 spiro atoms. The van der Waals surface area contributed by atoms with Crippen LogP contribution in [0.1, 0.15) is 16.3 Å². The van der Waals surface area contributed by atoms with Gasteiger partial charge in [0.05, 0.1) is 23.3 Å². The molecule has 0 fully saturated rings. The molecule has 1 amide bonds. The number of rotatable bonds is 5. The first-order chi connectivity index (χ1) is 12.6. The second-order valence-corrected chi connectivity index (χ2v) is 8.35. The zero-order chi connectivity index (χ0) is 18.1. The second-order valence-electron chi connectivity index (χ2n) is 6.04. The van der Waals surface area contributed by atoms with Crippen molar-refractivity contribution >= 4 is 50.7 Å². The summed E-state index contributed by atoms with van der Waals surface area (Å²) in [6.07, 6.45) is 0.251. The minimum atomic E-state index is -0.324. The molecule has 0 unspecified atom stereocenters. The smallest absolute Gasteiger partial charge is 0.222 e. The van der Waals surface area contributed by atoms with Crippen LogP contribution < -0.4 is 5.73 Å². The minimum absolute atomic E-state index is 0.251. The van der Waals surface area contributed by atoms with Gasteiger partial charge in [0.25, 0.3) is 0 Å². The molecule has 4 aromatic rings. The number of nitrogens with two attached hydrogens (primary N) is 1. The van der Waals surface area contributed by atoms with E-state index in [2.05, 4.69) is 35.3 Å². The van der Waals surface area contributed by atoms with Crippen molar-refractivity contribution in [2.24, 2.45) is 5.73 Å². The Morgan fingerprint density at radius 2 is 1.73 bits per heavy atom. The minimum Gasteiger partial charge on any atom is -0.369 e. The number of nitrogens with zero attached hydrogens (tertiary/aromatic N) is 2. The van der Waals surface area contributed by atoms with Gasteiger partial charge in [0.15, 0.2) is 4.34 Å². The Bertz CT molecular complexity index is 1120. The molecule has 4 nitrogen and oxygen atoms in total. The second kappa shape index (κ2) is 7.05. The molecular weight excluding hydrogens is 362 g/mol. The highest BCUT2D eigenvalue weighted by molar-refractivity contribution is 8.00. The van der Waals surface area contributed by atoms with Crippen LogP contribution in [0.4, 0.5) is 0 Å². The number of aryl methyl sites for hydroxylation is 1. The molecule has 2 N–H and O–H groups in total.